The van der Waals surface area contributed by atoms with Crippen LogP contribution in [0.4, 0.5) is 4.79 Å². The number of carbonyl (C=O) groups excluding carboxylic acids is 3. The van der Waals surface area contributed by atoms with Gasteiger partial charge in [-0.3, -0.25) is 25.1 Å². The molecular formula is C12H19Cl2N3O3. The Morgan fingerprint density at radius 1 is 1.05 bits per heavy atom. The fourth-order valence-electron chi connectivity index (χ4n) is 2.35. The lowest BCUT2D eigenvalue weighted by Gasteiger charge is -2.42. The molecule has 4 amide bonds. The van der Waals surface area contributed by atoms with Crippen LogP contribution in [0.5, 0.6) is 0 Å². The molecule has 0 bridgehead atoms. The fourth-order valence-corrected chi connectivity index (χ4v) is 2.76. The molecule has 0 unspecified atom stereocenters. The Labute approximate surface area is 128 Å². The van der Waals surface area contributed by atoms with Crippen LogP contribution in [0.25, 0.3) is 0 Å². The van der Waals surface area contributed by atoms with Gasteiger partial charge in [-0.2, -0.15) is 0 Å². The zero-order valence-corrected chi connectivity index (χ0v) is 12.9. The highest BCUT2D eigenvalue weighted by Crippen LogP contribution is 2.26. The van der Waals surface area contributed by atoms with Crippen LogP contribution in [0.3, 0.4) is 0 Å². The lowest BCUT2D eigenvalue weighted by molar-refractivity contribution is -0.148. The average Bonchev–Trinajstić information content (AvgIpc) is 2.38. The molecule has 6 nitrogen and oxygen atoms in total. The summed E-state index contributed by atoms with van der Waals surface area (Å²) in [5, 5.41) is 4.34. The van der Waals surface area contributed by atoms with E-state index >= 15 is 0 Å². The highest BCUT2D eigenvalue weighted by molar-refractivity contribution is 6.23. The lowest BCUT2D eigenvalue weighted by Crippen LogP contribution is -2.73. The zero-order valence-electron chi connectivity index (χ0n) is 11.4. The standard InChI is InChI=1S/C12H19Cl2N3O3/c1-2-3-4-12(17(7-5-13)8-6-14)9(18)15-11(20)16-10(12)19/h2-8H2,1H3,(H2,15,16,18,19,20). The Morgan fingerprint density at radius 3 is 1.95 bits per heavy atom. The molecule has 0 aromatic heterocycles. The van der Waals surface area contributed by atoms with Gasteiger partial charge in [-0.1, -0.05) is 19.8 Å². The first-order valence-corrected chi connectivity index (χ1v) is 7.63. The SMILES string of the molecule is CCCCC1(N(CCCl)CCCl)C(=O)NC(=O)NC1=O. The summed E-state index contributed by atoms with van der Waals surface area (Å²) in [4.78, 5) is 37.5. The summed E-state index contributed by atoms with van der Waals surface area (Å²) in [5.74, 6) is -0.677. The third-order valence-corrected chi connectivity index (χ3v) is 3.68. The van der Waals surface area contributed by atoms with E-state index in [4.69, 9.17) is 23.2 Å². The number of carbonyl (C=O) groups is 3. The summed E-state index contributed by atoms with van der Waals surface area (Å²) >= 11 is 11.5. The number of rotatable bonds is 8. The largest absolute Gasteiger partial charge is 0.328 e. The van der Waals surface area contributed by atoms with Gasteiger partial charge in [-0.25, -0.2) is 4.79 Å². The predicted molar refractivity (Wildman–Crippen MR) is 77.0 cm³/mol. The van der Waals surface area contributed by atoms with Crippen molar-refractivity contribution in [2.24, 2.45) is 0 Å². The van der Waals surface area contributed by atoms with E-state index in [0.717, 1.165) is 6.42 Å². The molecule has 1 aliphatic heterocycles. The second kappa shape index (κ2) is 7.81. The molecule has 0 aliphatic carbocycles. The van der Waals surface area contributed by atoms with Crippen LogP contribution in [0, 0.1) is 0 Å². The fraction of sp³-hybridized carbons (Fsp3) is 0.750. The van der Waals surface area contributed by atoms with Crippen LogP contribution in [-0.4, -0.2) is 53.1 Å². The normalized spacial score (nSPS) is 18.1. The van der Waals surface area contributed by atoms with E-state index in [0.29, 0.717) is 25.9 Å². The second-order valence-electron chi connectivity index (χ2n) is 4.57. The van der Waals surface area contributed by atoms with Crippen molar-refractivity contribution >= 4 is 41.0 Å². The first-order chi connectivity index (χ1) is 9.52. The van der Waals surface area contributed by atoms with Crippen LogP contribution < -0.4 is 10.6 Å². The molecule has 0 aromatic rings. The van der Waals surface area contributed by atoms with Crippen LogP contribution in [0.1, 0.15) is 26.2 Å². The highest BCUT2D eigenvalue weighted by Gasteiger charge is 2.53. The maximum Gasteiger partial charge on any atom is 0.328 e. The van der Waals surface area contributed by atoms with Crippen LogP contribution in [-0.2, 0) is 9.59 Å². The van der Waals surface area contributed by atoms with Crippen LogP contribution in [0.2, 0.25) is 0 Å². The number of nitrogens with zero attached hydrogens (tertiary/aromatic N) is 1. The van der Waals surface area contributed by atoms with E-state index in [2.05, 4.69) is 10.6 Å². The summed E-state index contributed by atoms with van der Waals surface area (Å²) < 4.78 is 0. The van der Waals surface area contributed by atoms with Crippen molar-refractivity contribution in [2.45, 2.75) is 31.7 Å². The predicted octanol–water partition coefficient (Wildman–Crippen LogP) is 1.06. The van der Waals surface area contributed by atoms with E-state index in [-0.39, 0.29) is 11.8 Å². The Bertz CT molecular complexity index is 364. The van der Waals surface area contributed by atoms with Gasteiger partial charge in [0.25, 0.3) is 11.8 Å². The van der Waals surface area contributed by atoms with Gasteiger partial charge in [0, 0.05) is 24.8 Å². The molecule has 0 atom stereocenters. The Kier molecular flexibility index (Phi) is 6.71. The van der Waals surface area contributed by atoms with E-state index < -0.39 is 23.4 Å². The maximum absolute atomic E-state index is 12.3. The molecule has 114 valence electrons. The number of urea groups is 1. The van der Waals surface area contributed by atoms with Gasteiger partial charge in [0.2, 0.25) is 0 Å². The van der Waals surface area contributed by atoms with Gasteiger partial charge in [-0.15, -0.1) is 23.2 Å². The first-order valence-electron chi connectivity index (χ1n) is 6.56. The minimum absolute atomic E-state index is 0.263. The molecule has 1 heterocycles. The lowest BCUT2D eigenvalue weighted by atomic mass is 9.87. The van der Waals surface area contributed by atoms with Crippen molar-refractivity contribution in [1.29, 1.82) is 0 Å². The molecule has 1 fully saturated rings. The smallest absolute Gasteiger partial charge is 0.279 e. The number of halogens is 2. The zero-order chi connectivity index (χ0) is 15.2. The maximum atomic E-state index is 12.3. The molecule has 1 saturated heterocycles. The van der Waals surface area contributed by atoms with Crippen molar-refractivity contribution in [3.63, 3.8) is 0 Å². The Morgan fingerprint density at radius 2 is 1.55 bits per heavy atom. The van der Waals surface area contributed by atoms with Crippen molar-refractivity contribution in [2.75, 3.05) is 24.8 Å². The quantitative estimate of drug-likeness (QED) is 0.517. The summed E-state index contributed by atoms with van der Waals surface area (Å²) in [7, 11) is 0. The molecule has 0 aromatic carbocycles. The van der Waals surface area contributed by atoms with E-state index in [1.165, 1.54) is 0 Å². The molecule has 1 rings (SSSR count). The first kappa shape index (κ1) is 17.2. The summed E-state index contributed by atoms with van der Waals surface area (Å²) in [6.07, 6.45) is 1.82. The highest BCUT2D eigenvalue weighted by atomic mass is 35.5. The average molecular weight is 324 g/mol. The third-order valence-electron chi connectivity index (χ3n) is 3.35. The van der Waals surface area contributed by atoms with Gasteiger partial charge in [0.05, 0.1) is 0 Å². The number of amides is 4. The van der Waals surface area contributed by atoms with E-state index in [9.17, 15) is 14.4 Å². The van der Waals surface area contributed by atoms with Gasteiger partial charge in [0.1, 0.15) is 0 Å². The summed E-state index contributed by atoms with van der Waals surface area (Å²) in [5.41, 5.74) is -1.41. The number of alkyl halides is 2. The summed E-state index contributed by atoms with van der Waals surface area (Å²) in [6.45, 7) is 2.64. The minimum atomic E-state index is -1.41. The van der Waals surface area contributed by atoms with Gasteiger partial charge in [0.15, 0.2) is 5.54 Å². The van der Waals surface area contributed by atoms with Crippen molar-refractivity contribution < 1.29 is 14.4 Å². The Balaban J connectivity index is 3.14. The molecule has 8 heteroatoms. The van der Waals surface area contributed by atoms with Crippen molar-refractivity contribution in [3.8, 4) is 0 Å². The molecular weight excluding hydrogens is 305 g/mol. The molecule has 2 N–H and O–H groups in total. The topological polar surface area (TPSA) is 78.5 Å². The van der Waals surface area contributed by atoms with Crippen molar-refractivity contribution in [3.05, 3.63) is 0 Å². The molecule has 0 spiro atoms. The molecule has 1 aliphatic rings. The van der Waals surface area contributed by atoms with Crippen LogP contribution >= 0.6 is 23.2 Å². The molecule has 0 radical (unpaired) electrons. The number of unbranched alkanes of at least 4 members (excludes halogenated alkanes) is 1. The second-order valence-corrected chi connectivity index (χ2v) is 5.32. The van der Waals surface area contributed by atoms with Gasteiger partial charge in [-0.05, 0) is 6.42 Å². The van der Waals surface area contributed by atoms with Gasteiger partial charge < -0.3 is 0 Å². The number of hydrogen-bond acceptors (Lipinski definition) is 4. The van der Waals surface area contributed by atoms with Gasteiger partial charge >= 0.3 is 6.03 Å². The van der Waals surface area contributed by atoms with E-state index in [1.54, 1.807) is 4.90 Å². The molecule has 0 saturated carbocycles. The molecule has 20 heavy (non-hydrogen) atoms. The number of imide groups is 2. The van der Waals surface area contributed by atoms with Crippen LogP contribution in [0.15, 0.2) is 0 Å². The third kappa shape index (κ3) is 3.42. The van der Waals surface area contributed by atoms with Crippen molar-refractivity contribution in [1.82, 2.24) is 15.5 Å². The number of barbiturate groups is 1. The number of hydrogen-bond donors (Lipinski definition) is 2. The number of nitrogens with one attached hydrogen (secondary N) is 2. The Hall–Kier alpha value is -0.850. The summed E-state index contributed by atoms with van der Waals surface area (Å²) in [6, 6.07) is -0.788. The van der Waals surface area contributed by atoms with E-state index in [1.807, 2.05) is 6.92 Å². The minimum Gasteiger partial charge on any atom is -0.279 e. The monoisotopic (exact) mass is 323 g/mol.